The van der Waals surface area contributed by atoms with Crippen LogP contribution in [0.2, 0.25) is 5.02 Å². The molecule has 1 atom stereocenters. The molecule has 1 aromatic carbocycles. The van der Waals surface area contributed by atoms with E-state index >= 15 is 0 Å². The first kappa shape index (κ1) is 17.3. The average molecular weight is 380 g/mol. The molecule has 1 unspecified atom stereocenters. The van der Waals surface area contributed by atoms with Crippen LogP contribution < -0.4 is 5.32 Å². The van der Waals surface area contributed by atoms with Crippen molar-refractivity contribution in [1.82, 2.24) is 14.9 Å². The summed E-state index contributed by atoms with van der Waals surface area (Å²) in [5.74, 6) is 0.988. The van der Waals surface area contributed by atoms with Crippen LogP contribution in [-0.2, 0) is 19.9 Å². The molecule has 0 radical (unpaired) electrons. The van der Waals surface area contributed by atoms with Gasteiger partial charge in [-0.25, -0.2) is 0 Å². The van der Waals surface area contributed by atoms with E-state index in [0.717, 1.165) is 31.0 Å². The molecule has 5 rings (SSSR count). The Bertz CT molecular complexity index is 1010. The second-order valence-electron chi connectivity index (χ2n) is 8.19. The molecular weight excluding hydrogens is 354 g/mol. The maximum atomic E-state index is 6.76. The molecule has 1 saturated heterocycles. The van der Waals surface area contributed by atoms with E-state index in [-0.39, 0.29) is 0 Å². The van der Waals surface area contributed by atoms with E-state index in [9.17, 15) is 0 Å². The molecule has 1 aliphatic heterocycles. The zero-order valence-corrected chi connectivity index (χ0v) is 16.8. The fraction of sp³-hybridized carbons (Fsp3) is 0.435. The second-order valence-corrected chi connectivity index (χ2v) is 8.60. The number of hydrogen-bond acceptors (Lipinski definition) is 2. The quantitative estimate of drug-likeness (QED) is 0.660. The lowest BCUT2D eigenvalue weighted by Crippen LogP contribution is -2.32. The van der Waals surface area contributed by atoms with Gasteiger partial charge in [0.1, 0.15) is 0 Å². The molecule has 3 heterocycles. The smallest absolute Gasteiger partial charge is 0.0673 e. The molecule has 0 bridgehead atoms. The summed E-state index contributed by atoms with van der Waals surface area (Å²) in [6.45, 7) is 4.43. The minimum Gasteiger partial charge on any atom is -0.349 e. The number of nitrogens with zero attached hydrogens (tertiary/aromatic N) is 2. The number of pyridine rings is 1. The van der Waals surface area contributed by atoms with E-state index in [0.29, 0.717) is 11.8 Å². The van der Waals surface area contributed by atoms with Crippen LogP contribution in [0.15, 0.2) is 30.6 Å². The van der Waals surface area contributed by atoms with E-state index < -0.39 is 0 Å². The molecule has 2 aromatic heterocycles. The first-order chi connectivity index (χ1) is 13.1. The Kier molecular flexibility index (Phi) is 4.25. The predicted molar refractivity (Wildman–Crippen MR) is 112 cm³/mol. The molecule has 1 fully saturated rings. The highest BCUT2D eigenvalue weighted by Gasteiger charge is 2.35. The molecule has 0 saturated carbocycles. The van der Waals surface area contributed by atoms with Crippen molar-refractivity contribution in [2.24, 2.45) is 13.0 Å². The predicted octanol–water partition coefficient (Wildman–Crippen LogP) is 4.77. The summed E-state index contributed by atoms with van der Waals surface area (Å²) < 4.78 is 2.19. The summed E-state index contributed by atoms with van der Waals surface area (Å²) in [6, 6.07) is 6.60. The lowest BCUT2D eigenvalue weighted by Gasteiger charge is -2.32. The zero-order chi connectivity index (χ0) is 18.5. The standard InChI is InChI=1S/C23H26ClN3/c1-14-13-27(2)23-18(24)12-17-6-5-16-4-3-9-26-22(16)21(20(17)19(14)23)15-7-10-25-11-8-15/h3-4,9,12-13,15,21,25H,5-8,10-11H2,1-2H3. The molecule has 1 aliphatic carbocycles. The first-order valence-corrected chi connectivity index (χ1v) is 10.4. The van der Waals surface area contributed by atoms with Crippen molar-refractivity contribution in [1.29, 1.82) is 0 Å². The van der Waals surface area contributed by atoms with Gasteiger partial charge in [-0.05, 0) is 86.0 Å². The van der Waals surface area contributed by atoms with Crippen molar-refractivity contribution >= 4 is 22.5 Å². The summed E-state index contributed by atoms with van der Waals surface area (Å²) in [5.41, 5.74) is 8.13. The van der Waals surface area contributed by atoms with E-state index in [1.165, 1.54) is 51.7 Å². The van der Waals surface area contributed by atoms with Crippen molar-refractivity contribution < 1.29 is 0 Å². The SMILES string of the molecule is Cc1cn(C)c2c(Cl)cc3c(c12)C(C1CCNCC1)c1ncccc1CC3. The van der Waals surface area contributed by atoms with Gasteiger partial charge in [0.2, 0.25) is 0 Å². The minimum atomic E-state index is 0.363. The number of aryl methyl sites for hydroxylation is 4. The highest BCUT2D eigenvalue weighted by Crippen LogP contribution is 2.46. The lowest BCUT2D eigenvalue weighted by molar-refractivity contribution is 0.339. The lowest BCUT2D eigenvalue weighted by atomic mass is 9.75. The van der Waals surface area contributed by atoms with Crippen LogP contribution in [0.1, 0.15) is 46.7 Å². The third kappa shape index (κ3) is 2.71. The van der Waals surface area contributed by atoms with Crippen LogP contribution in [0, 0.1) is 12.8 Å². The number of nitrogens with one attached hydrogen (secondary N) is 1. The Morgan fingerprint density at radius 1 is 1.19 bits per heavy atom. The molecule has 2 aliphatic rings. The summed E-state index contributed by atoms with van der Waals surface area (Å²) in [7, 11) is 2.11. The second kappa shape index (κ2) is 6.65. The van der Waals surface area contributed by atoms with Crippen molar-refractivity contribution in [3.05, 3.63) is 63.6 Å². The van der Waals surface area contributed by atoms with Crippen molar-refractivity contribution in [3.63, 3.8) is 0 Å². The molecule has 3 nitrogen and oxygen atoms in total. The van der Waals surface area contributed by atoms with E-state index in [1.54, 1.807) is 0 Å². The van der Waals surface area contributed by atoms with Gasteiger partial charge in [-0.1, -0.05) is 17.7 Å². The van der Waals surface area contributed by atoms with Gasteiger partial charge in [0, 0.05) is 30.7 Å². The van der Waals surface area contributed by atoms with Crippen molar-refractivity contribution in [2.75, 3.05) is 13.1 Å². The molecule has 3 aromatic rings. The van der Waals surface area contributed by atoms with E-state index in [1.807, 2.05) is 6.20 Å². The largest absolute Gasteiger partial charge is 0.349 e. The van der Waals surface area contributed by atoms with Crippen LogP contribution in [0.3, 0.4) is 0 Å². The third-order valence-corrected chi connectivity index (χ3v) is 6.85. The Morgan fingerprint density at radius 2 is 1.96 bits per heavy atom. The van der Waals surface area contributed by atoms with Gasteiger partial charge in [-0.3, -0.25) is 4.98 Å². The Morgan fingerprint density at radius 3 is 2.78 bits per heavy atom. The van der Waals surface area contributed by atoms with Crippen LogP contribution in [0.5, 0.6) is 0 Å². The molecule has 1 N–H and O–H groups in total. The Hall–Kier alpha value is -1.84. The summed E-state index contributed by atoms with van der Waals surface area (Å²) in [5, 5.41) is 5.77. The van der Waals surface area contributed by atoms with Crippen molar-refractivity contribution in [2.45, 2.75) is 38.5 Å². The highest BCUT2D eigenvalue weighted by atomic mass is 35.5. The van der Waals surface area contributed by atoms with E-state index in [2.05, 4.69) is 48.3 Å². The third-order valence-electron chi connectivity index (χ3n) is 6.56. The molecule has 4 heteroatoms. The van der Waals surface area contributed by atoms with Gasteiger partial charge in [0.15, 0.2) is 0 Å². The number of rotatable bonds is 1. The fourth-order valence-electron chi connectivity index (χ4n) is 5.42. The topological polar surface area (TPSA) is 29.9 Å². The Balaban J connectivity index is 1.84. The molecule has 140 valence electrons. The molecule has 27 heavy (non-hydrogen) atoms. The van der Waals surface area contributed by atoms with Crippen LogP contribution in [-0.4, -0.2) is 22.6 Å². The molecule has 0 amide bonds. The summed E-state index contributed by atoms with van der Waals surface area (Å²) >= 11 is 6.76. The molecular formula is C23H26ClN3. The average Bonchev–Trinajstić information content (AvgIpc) is 2.88. The van der Waals surface area contributed by atoms with Gasteiger partial charge in [0.05, 0.1) is 16.2 Å². The maximum absolute atomic E-state index is 6.76. The number of aromatic nitrogens is 2. The van der Waals surface area contributed by atoms with Crippen LogP contribution in [0.25, 0.3) is 10.9 Å². The van der Waals surface area contributed by atoms with Gasteiger partial charge in [-0.15, -0.1) is 0 Å². The normalized spacial score (nSPS) is 20.3. The summed E-state index contributed by atoms with van der Waals surface area (Å²) in [6.07, 6.45) is 8.69. The van der Waals surface area contributed by atoms with Gasteiger partial charge in [0.25, 0.3) is 0 Å². The monoisotopic (exact) mass is 379 g/mol. The number of piperidine rings is 1. The molecule has 0 spiro atoms. The van der Waals surface area contributed by atoms with E-state index in [4.69, 9.17) is 16.6 Å². The minimum absolute atomic E-state index is 0.363. The Labute approximate surface area is 165 Å². The number of benzene rings is 1. The van der Waals surface area contributed by atoms with Crippen LogP contribution in [0.4, 0.5) is 0 Å². The number of hydrogen-bond donors (Lipinski definition) is 1. The first-order valence-electron chi connectivity index (χ1n) is 10.1. The van der Waals surface area contributed by atoms with Gasteiger partial charge in [-0.2, -0.15) is 0 Å². The van der Waals surface area contributed by atoms with Crippen molar-refractivity contribution in [3.8, 4) is 0 Å². The zero-order valence-electron chi connectivity index (χ0n) is 16.1. The maximum Gasteiger partial charge on any atom is 0.0673 e. The fourth-order valence-corrected chi connectivity index (χ4v) is 5.78. The number of fused-ring (bicyclic) bond motifs is 4. The summed E-state index contributed by atoms with van der Waals surface area (Å²) in [4.78, 5) is 4.94. The van der Waals surface area contributed by atoms with Gasteiger partial charge < -0.3 is 9.88 Å². The highest BCUT2D eigenvalue weighted by molar-refractivity contribution is 6.35. The number of halogens is 1. The van der Waals surface area contributed by atoms with Gasteiger partial charge >= 0.3 is 0 Å². The van der Waals surface area contributed by atoms with Crippen LogP contribution >= 0.6 is 11.6 Å².